The number of hydrogen-bond acceptors (Lipinski definition) is 2. The predicted molar refractivity (Wildman–Crippen MR) is 95.9 cm³/mol. The molecule has 4 heteroatoms. The molecule has 0 aliphatic carbocycles. The molecule has 0 unspecified atom stereocenters. The summed E-state index contributed by atoms with van der Waals surface area (Å²) < 4.78 is 5.82. The van der Waals surface area contributed by atoms with Crippen LogP contribution in [0.4, 0.5) is 0 Å². The van der Waals surface area contributed by atoms with E-state index in [4.69, 9.17) is 16.3 Å². The van der Waals surface area contributed by atoms with Crippen LogP contribution in [0.3, 0.4) is 0 Å². The smallest absolute Gasteiger partial charge is 0.345 e. The van der Waals surface area contributed by atoms with E-state index in [2.05, 4.69) is 0 Å². The van der Waals surface area contributed by atoms with E-state index < -0.39 is 12.1 Å². The average molecular weight is 341 g/mol. The van der Waals surface area contributed by atoms with Gasteiger partial charge >= 0.3 is 5.97 Å². The van der Waals surface area contributed by atoms with E-state index in [1.54, 1.807) is 12.1 Å². The van der Waals surface area contributed by atoms with Gasteiger partial charge in [0.15, 0.2) is 6.10 Å². The molecule has 0 spiro atoms. The molecule has 0 aromatic heterocycles. The van der Waals surface area contributed by atoms with Crippen molar-refractivity contribution in [3.8, 4) is 5.75 Å². The highest BCUT2D eigenvalue weighted by Crippen LogP contribution is 2.27. The van der Waals surface area contributed by atoms with Gasteiger partial charge in [0, 0.05) is 16.8 Å². The fourth-order valence-electron chi connectivity index (χ4n) is 2.61. The molecule has 0 amide bonds. The molecule has 0 aliphatic rings. The summed E-state index contributed by atoms with van der Waals surface area (Å²) in [5.74, 6) is -0.432. The number of hydrogen-bond donors (Lipinski definition) is 1. The maximum atomic E-state index is 11.6. The molecule has 3 aromatic carbocycles. The minimum absolute atomic E-state index is 0.249. The van der Waals surface area contributed by atoms with Crippen molar-refractivity contribution >= 4 is 28.3 Å². The second kappa shape index (κ2) is 6.93. The molecule has 3 aromatic rings. The van der Waals surface area contributed by atoms with Crippen molar-refractivity contribution in [2.24, 2.45) is 0 Å². The Hall–Kier alpha value is -2.52. The largest absolute Gasteiger partial charge is 0.478 e. The molecule has 3 rings (SSSR count). The van der Waals surface area contributed by atoms with Crippen LogP contribution in [-0.2, 0) is 11.2 Å². The standard InChI is InChI=1S/C20H17ClO3/c1-13-9-10-14(11-17(13)21)12-19(20(22)23)24-18-8-4-6-15-5-2-3-7-16(15)18/h2-11,19H,12H2,1H3,(H,22,23)/t19-/m0/s1. The average Bonchev–Trinajstić information content (AvgIpc) is 2.57. The van der Waals surface area contributed by atoms with Gasteiger partial charge in [-0.05, 0) is 35.6 Å². The summed E-state index contributed by atoms with van der Waals surface area (Å²) in [5.41, 5.74) is 1.79. The number of ether oxygens (including phenoxy) is 1. The third-order valence-electron chi connectivity index (χ3n) is 3.95. The Bertz CT molecular complexity index is 884. The van der Waals surface area contributed by atoms with Gasteiger partial charge in [0.05, 0.1) is 0 Å². The topological polar surface area (TPSA) is 46.5 Å². The van der Waals surface area contributed by atoms with Crippen molar-refractivity contribution in [2.75, 3.05) is 0 Å². The molecule has 0 heterocycles. The maximum absolute atomic E-state index is 11.6. The molecule has 0 aliphatic heterocycles. The van der Waals surface area contributed by atoms with Gasteiger partial charge < -0.3 is 9.84 Å². The number of aryl methyl sites for hydroxylation is 1. The molecule has 0 saturated heterocycles. The molecule has 1 N–H and O–H groups in total. The Morgan fingerprint density at radius 3 is 2.62 bits per heavy atom. The Balaban J connectivity index is 1.88. The number of fused-ring (bicyclic) bond motifs is 1. The Morgan fingerprint density at radius 1 is 1.12 bits per heavy atom. The van der Waals surface area contributed by atoms with Crippen LogP contribution in [0.1, 0.15) is 11.1 Å². The summed E-state index contributed by atoms with van der Waals surface area (Å²) in [7, 11) is 0. The summed E-state index contributed by atoms with van der Waals surface area (Å²) in [5, 5.41) is 12.1. The first-order chi connectivity index (χ1) is 11.5. The van der Waals surface area contributed by atoms with Crippen molar-refractivity contribution in [3.05, 3.63) is 76.8 Å². The number of carboxylic acids is 1. The highest BCUT2D eigenvalue weighted by molar-refractivity contribution is 6.31. The lowest BCUT2D eigenvalue weighted by Crippen LogP contribution is -2.29. The van der Waals surface area contributed by atoms with E-state index in [-0.39, 0.29) is 6.42 Å². The molecule has 0 saturated carbocycles. The van der Waals surface area contributed by atoms with Crippen LogP contribution in [0.25, 0.3) is 10.8 Å². The molecule has 0 radical (unpaired) electrons. The first kappa shape index (κ1) is 16.3. The molecule has 1 atom stereocenters. The van der Waals surface area contributed by atoms with Crippen LogP contribution >= 0.6 is 11.6 Å². The highest BCUT2D eigenvalue weighted by atomic mass is 35.5. The van der Waals surface area contributed by atoms with Crippen LogP contribution in [0.2, 0.25) is 5.02 Å². The van der Waals surface area contributed by atoms with Gasteiger partial charge in [0.1, 0.15) is 5.75 Å². The number of benzene rings is 3. The van der Waals surface area contributed by atoms with Crippen molar-refractivity contribution in [3.63, 3.8) is 0 Å². The molecule has 3 nitrogen and oxygen atoms in total. The van der Waals surface area contributed by atoms with E-state index >= 15 is 0 Å². The van der Waals surface area contributed by atoms with Crippen molar-refractivity contribution < 1.29 is 14.6 Å². The van der Waals surface area contributed by atoms with Crippen molar-refractivity contribution in [1.29, 1.82) is 0 Å². The highest BCUT2D eigenvalue weighted by Gasteiger charge is 2.21. The molecule has 24 heavy (non-hydrogen) atoms. The summed E-state index contributed by atoms with van der Waals surface area (Å²) in [6, 6.07) is 18.9. The predicted octanol–water partition coefficient (Wildman–Crippen LogP) is 4.88. The molecule has 122 valence electrons. The van der Waals surface area contributed by atoms with Gasteiger partial charge in [0.2, 0.25) is 0 Å². The van der Waals surface area contributed by atoms with Crippen molar-refractivity contribution in [1.82, 2.24) is 0 Å². The second-order valence-corrected chi connectivity index (χ2v) is 6.12. The first-order valence-corrected chi connectivity index (χ1v) is 8.04. The summed E-state index contributed by atoms with van der Waals surface area (Å²) in [6.07, 6.45) is -0.729. The maximum Gasteiger partial charge on any atom is 0.345 e. The quantitative estimate of drug-likeness (QED) is 0.720. The third kappa shape index (κ3) is 3.52. The molecule has 0 fully saturated rings. The van der Waals surface area contributed by atoms with Crippen LogP contribution in [0, 0.1) is 6.92 Å². The number of rotatable bonds is 5. The van der Waals surface area contributed by atoms with Gasteiger partial charge in [0.25, 0.3) is 0 Å². The zero-order chi connectivity index (χ0) is 17.1. The van der Waals surface area contributed by atoms with E-state index in [1.165, 1.54) is 0 Å². The Labute approximate surface area is 145 Å². The van der Waals surface area contributed by atoms with Gasteiger partial charge in [-0.1, -0.05) is 60.1 Å². The van der Waals surface area contributed by atoms with Crippen LogP contribution < -0.4 is 4.74 Å². The zero-order valence-electron chi connectivity index (χ0n) is 13.2. The monoisotopic (exact) mass is 340 g/mol. The van der Waals surface area contributed by atoms with Crippen LogP contribution in [0.5, 0.6) is 5.75 Å². The summed E-state index contributed by atoms with van der Waals surface area (Å²) in [6.45, 7) is 1.91. The molecular formula is C20H17ClO3. The van der Waals surface area contributed by atoms with Crippen LogP contribution in [-0.4, -0.2) is 17.2 Å². The first-order valence-electron chi connectivity index (χ1n) is 7.67. The minimum Gasteiger partial charge on any atom is -0.478 e. The number of carbonyl (C=O) groups is 1. The number of carboxylic acid groups (broad SMARTS) is 1. The lowest BCUT2D eigenvalue weighted by atomic mass is 10.1. The van der Waals surface area contributed by atoms with E-state index in [0.717, 1.165) is 21.9 Å². The van der Waals surface area contributed by atoms with Gasteiger partial charge in [-0.25, -0.2) is 4.79 Å². The zero-order valence-corrected chi connectivity index (χ0v) is 14.0. The van der Waals surface area contributed by atoms with Gasteiger partial charge in [-0.2, -0.15) is 0 Å². The number of halogens is 1. The molecule has 0 bridgehead atoms. The lowest BCUT2D eigenvalue weighted by Gasteiger charge is -2.17. The van der Waals surface area contributed by atoms with E-state index in [1.807, 2.05) is 55.5 Å². The fraction of sp³-hybridized carbons (Fsp3) is 0.150. The van der Waals surface area contributed by atoms with Crippen molar-refractivity contribution in [2.45, 2.75) is 19.4 Å². The Morgan fingerprint density at radius 2 is 1.88 bits per heavy atom. The lowest BCUT2D eigenvalue weighted by molar-refractivity contribution is -0.144. The minimum atomic E-state index is -1.00. The molecular weight excluding hydrogens is 324 g/mol. The van der Waals surface area contributed by atoms with E-state index in [0.29, 0.717) is 10.8 Å². The van der Waals surface area contributed by atoms with Crippen LogP contribution in [0.15, 0.2) is 60.7 Å². The summed E-state index contributed by atoms with van der Waals surface area (Å²) in [4.78, 5) is 11.6. The third-order valence-corrected chi connectivity index (χ3v) is 4.36. The SMILES string of the molecule is Cc1ccc(C[C@H](Oc2cccc3ccccc23)C(=O)O)cc1Cl. The van der Waals surface area contributed by atoms with Gasteiger partial charge in [-0.15, -0.1) is 0 Å². The second-order valence-electron chi connectivity index (χ2n) is 5.71. The van der Waals surface area contributed by atoms with Gasteiger partial charge in [-0.3, -0.25) is 0 Å². The Kier molecular flexibility index (Phi) is 4.72. The number of aliphatic carboxylic acids is 1. The summed E-state index contributed by atoms with van der Waals surface area (Å²) >= 11 is 6.13. The van der Waals surface area contributed by atoms with E-state index in [9.17, 15) is 9.90 Å². The normalized spacial score (nSPS) is 12.1. The fourth-order valence-corrected chi connectivity index (χ4v) is 2.81.